The third kappa shape index (κ3) is 4.73. The highest BCUT2D eigenvalue weighted by atomic mass is 16.1. The number of aromatic nitrogens is 2. The van der Waals surface area contributed by atoms with Crippen molar-refractivity contribution in [1.82, 2.24) is 14.9 Å². The molecule has 4 heteroatoms. The van der Waals surface area contributed by atoms with E-state index in [0.717, 1.165) is 30.1 Å². The van der Waals surface area contributed by atoms with Crippen molar-refractivity contribution in [2.24, 2.45) is 7.05 Å². The van der Waals surface area contributed by atoms with E-state index >= 15 is 0 Å². The Labute approximate surface area is 160 Å². The van der Waals surface area contributed by atoms with Gasteiger partial charge in [-0.05, 0) is 18.1 Å². The van der Waals surface area contributed by atoms with Gasteiger partial charge in [-0.25, -0.2) is 4.98 Å². The molecule has 3 rings (SSSR count). The molecule has 2 aromatic carbocycles. The maximum atomic E-state index is 11.9. The van der Waals surface area contributed by atoms with Crippen molar-refractivity contribution in [2.75, 3.05) is 0 Å². The Morgan fingerprint density at radius 1 is 1.00 bits per heavy atom. The van der Waals surface area contributed by atoms with Crippen LogP contribution in [0.5, 0.6) is 0 Å². The monoisotopic (exact) mass is 359 g/mol. The first-order chi connectivity index (χ1) is 13.0. The molecule has 1 aromatic heterocycles. The molecule has 1 heterocycles. The minimum absolute atomic E-state index is 0.143. The van der Waals surface area contributed by atoms with E-state index in [1.54, 1.807) is 6.92 Å². The smallest absolute Gasteiger partial charge is 0.246 e. The molecule has 0 aliphatic heterocycles. The largest absolute Gasteiger partial charge is 0.347 e. The van der Waals surface area contributed by atoms with E-state index in [2.05, 4.69) is 40.7 Å². The van der Waals surface area contributed by atoms with Gasteiger partial charge in [0.25, 0.3) is 0 Å². The number of nitrogens with one attached hydrogen (secondary N) is 1. The Morgan fingerprint density at radius 3 is 2.11 bits per heavy atom. The van der Waals surface area contributed by atoms with Gasteiger partial charge in [0.2, 0.25) is 5.91 Å². The molecule has 1 amide bonds. The van der Waals surface area contributed by atoms with Gasteiger partial charge in [0.1, 0.15) is 5.82 Å². The number of hydrogen-bond acceptors (Lipinski definition) is 2. The normalized spacial score (nSPS) is 10.6. The molecule has 27 heavy (non-hydrogen) atoms. The molecular formula is C23H25N3O. The fraction of sp³-hybridized carbons (Fsp3) is 0.217. The lowest BCUT2D eigenvalue weighted by molar-refractivity contribution is -0.117. The summed E-state index contributed by atoms with van der Waals surface area (Å²) in [5.41, 5.74) is 4.96. The summed E-state index contributed by atoms with van der Waals surface area (Å²) >= 11 is 0. The summed E-state index contributed by atoms with van der Waals surface area (Å²) < 4.78 is 2.16. The van der Waals surface area contributed by atoms with Gasteiger partial charge < -0.3 is 9.88 Å². The predicted molar refractivity (Wildman–Crippen MR) is 108 cm³/mol. The van der Waals surface area contributed by atoms with Gasteiger partial charge in [-0.3, -0.25) is 4.79 Å². The molecule has 0 unspecified atom stereocenters. The number of rotatable bonds is 7. The molecule has 4 nitrogen and oxygen atoms in total. The molecule has 0 fully saturated rings. The highest BCUT2D eigenvalue weighted by molar-refractivity contribution is 5.91. The molecule has 1 N–H and O–H groups in total. The third-order valence-corrected chi connectivity index (χ3v) is 4.61. The minimum atomic E-state index is -0.143. The van der Waals surface area contributed by atoms with Crippen LogP contribution in [0.15, 0.2) is 72.8 Å². The van der Waals surface area contributed by atoms with Gasteiger partial charge in [-0.2, -0.15) is 0 Å². The summed E-state index contributed by atoms with van der Waals surface area (Å²) in [6, 6.07) is 20.6. The van der Waals surface area contributed by atoms with Crippen molar-refractivity contribution in [3.8, 4) is 0 Å². The summed E-state index contributed by atoms with van der Waals surface area (Å²) in [6.45, 7) is 5.81. The summed E-state index contributed by atoms with van der Waals surface area (Å²) in [4.78, 5) is 16.8. The molecule has 0 saturated carbocycles. The summed E-state index contributed by atoms with van der Waals surface area (Å²) in [6.07, 6.45) is 1.53. The zero-order valence-corrected chi connectivity index (χ0v) is 15.9. The number of carbonyl (C=O) groups excluding carboxylic acids is 1. The number of imidazole rings is 1. The lowest BCUT2D eigenvalue weighted by atomic mass is 10.1. The van der Waals surface area contributed by atoms with Crippen LogP contribution < -0.4 is 5.32 Å². The van der Waals surface area contributed by atoms with Crippen molar-refractivity contribution in [3.63, 3.8) is 0 Å². The number of hydrogen-bond donors (Lipinski definition) is 1. The molecule has 0 radical (unpaired) electrons. The van der Waals surface area contributed by atoms with Crippen molar-refractivity contribution in [2.45, 2.75) is 26.3 Å². The Balaban J connectivity index is 1.89. The van der Waals surface area contributed by atoms with Crippen LogP contribution in [0, 0.1) is 0 Å². The molecule has 0 spiro atoms. The van der Waals surface area contributed by atoms with Crippen molar-refractivity contribution in [3.05, 3.63) is 101 Å². The summed E-state index contributed by atoms with van der Waals surface area (Å²) in [5.74, 6) is 0.850. The van der Waals surface area contributed by atoms with Crippen LogP contribution in [-0.2, 0) is 31.2 Å². The van der Waals surface area contributed by atoms with E-state index < -0.39 is 0 Å². The molecule has 0 saturated heterocycles. The first-order valence-corrected chi connectivity index (χ1v) is 9.09. The summed E-state index contributed by atoms with van der Waals surface area (Å²) in [7, 11) is 2.05. The van der Waals surface area contributed by atoms with Crippen LogP contribution in [0.3, 0.4) is 0 Å². The lowest BCUT2D eigenvalue weighted by Gasteiger charge is -2.09. The second-order valence-electron chi connectivity index (χ2n) is 6.77. The highest BCUT2D eigenvalue weighted by Gasteiger charge is 2.16. The topological polar surface area (TPSA) is 46.9 Å². The molecule has 138 valence electrons. The Morgan fingerprint density at radius 2 is 1.56 bits per heavy atom. The number of amides is 1. The van der Waals surface area contributed by atoms with Gasteiger partial charge in [0.05, 0.1) is 12.2 Å². The van der Waals surface area contributed by atoms with Crippen LogP contribution in [0.4, 0.5) is 0 Å². The Hall–Kier alpha value is -3.14. The number of carbonyl (C=O) groups is 1. The average molecular weight is 359 g/mol. The Kier molecular flexibility index (Phi) is 5.87. The van der Waals surface area contributed by atoms with E-state index in [1.165, 1.54) is 11.1 Å². The highest BCUT2D eigenvalue weighted by Crippen LogP contribution is 2.18. The molecule has 0 aliphatic carbocycles. The van der Waals surface area contributed by atoms with Gasteiger partial charge in [0.15, 0.2) is 0 Å². The fourth-order valence-corrected chi connectivity index (χ4v) is 3.05. The van der Waals surface area contributed by atoms with Crippen molar-refractivity contribution in [1.29, 1.82) is 0 Å². The van der Waals surface area contributed by atoms with Crippen LogP contribution in [0.25, 0.3) is 0 Å². The van der Waals surface area contributed by atoms with E-state index in [1.807, 2.05) is 43.4 Å². The van der Waals surface area contributed by atoms with Crippen LogP contribution in [-0.4, -0.2) is 15.5 Å². The quantitative estimate of drug-likeness (QED) is 0.653. The zero-order valence-electron chi connectivity index (χ0n) is 15.9. The fourth-order valence-electron chi connectivity index (χ4n) is 3.05. The van der Waals surface area contributed by atoms with E-state index in [4.69, 9.17) is 4.98 Å². The maximum absolute atomic E-state index is 11.9. The lowest BCUT2D eigenvalue weighted by Crippen LogP contribution is -2.24. The van der Waals surface area contributed by atoms with Gasteiger partial charge in [-0.1, -0.05) is 67.2 Å². The standard InChI is InChI=1S/C23H25N3O/c1-17(2)23(27)24-16-20-21(14-18-10-6-4-7-11-18)26(3)22(25-20)15-19-12-8-5-9-13-19/h4-13H,1,14-16H2,2-3H3,(H,24,27). The number of benzene rings is 2. The van der Waals surface area contributed by atoms with E-state index in [9.17, 15) is 4.79 Å². The second kappa shape index (κ2) is 8.49. The maximum Gasteiger partial charge on any atom is 0.246 e. The third-order valence-electron chi connectivity index (χ3n) is 4.61. The molecule has 3 aromatic rings. The SMILES string of the molecule is C=C(C)C(=O)NCc1nc(Cc2ccccc2)n(C)c1Cc1ccccc1. The molecular weight excluding hydrogens is 334 g/mol. The van der Waals surface area contributed by atoms with E-state index in [0.29, 0.717) is 12.1 Å². The van der Waals surface area contributed by atoms with Crippen LogP contribution >= 0.6 is 0 Å². The summed E-state index contributed by atoms with van der Waals surface area (Å²) in [5, 5.41) is 2.91. The second-order valence-corrected chi connectivity index (χ2v) is 6.77. The van der Waals surface area contributed by atoms with E-state index in [-0.39, 0.29) is 5.91 Å². The average Bonchev–Trinajstić information content (AvgIpc) is 2.96. The van der Waals surface area contributed by atoms with Gasteiger partial charge in [-0.15, -0.1) is 0 Å². The first-order valence-electron chi connectivity index (χ1n) is 9.09. The Bertz CT molecular complexity index is 927. The van der Waals surface area contributed by atoms with Crippen LogP contribution in [0.1, 0.15) is 35.3 Å². The molecule has 0 bridgehead atoms. The number of nitrogens with zero attached hydrogens (tertiary/aromatic N) is 2. The molecule has 0 atom stereocenters. The molecule has 0 aliphatic rings. The predicted octanol–water partition coefficient (Wildman–Crippen LogP) is 3.79. The van der Waals surface area contributed by atoms with Gasteiger partial charge >= 0.3 is 0 Å². The minimum Gasteiger partial charge on any atom is -0.347 e. The van der Waals surface area contributed by atoms with Crippen LogP contribution in [0.2, 0.25) is 0 Å². The zero-order chi connectivity index (χ0) is 19.2. The van der Waals surface area contributed by atoms with Gasteiger partial charge in [0, 0.05) is 31.2 Å². The first kappa shape index (κ1) is 18.6. The van der Waals surface area contributed by atoms with Crippen molar-refractivity contribution < 1.29 is 4.79 Å². The van der Waals surface area contributed by atoms with Crippen molar-refractivity contribution >= 4 is 5.91 Å².